The highest BCUT2D eigenvalue weighted by Gasteiger charge is 2.24. The van der Waals surface area contributed by atoms with Crippen LogP contribution in [0.25, 0.3) is 0 Å². The summed E-state index contributed by atoms with van der Waals surface area (Å²) in [6.07, 6.45) is 5.95. The molecule has 2 heteroatoms. The topological polar surface area (TPSA) is 35.2 Å². The standard InChI is InChI=1S/C9H17NO/c1-3-4-9(7(2)10)11-8-5-6-8/h4,7-8H,3,5-6,10H2,1-2H3/b9-4+. The van der Waals surface area contributed by atoms with Crippen LogP contribution in [0.2, 0.25) is 0 Å². The van der Waals surface area contributed by atoms with Crippen molar-refractivity contribution in [3.8, 4) is 0 Å². The van der Waals surface area contributed by atoms with Gasteiger partial charge in [0.15, 0.2) is 0 Å². The zero-order valence-corrected chi connectivity index (χ0v) is 7.34. The van der Waals surface area contributed by atoms with Crippen LogP contribution in [-0.4, -0.2) is 12.1 Å². The molecule has 0 aromatic carbocycles. The Hall–Kier alpha value is -0.500. The fourth-order valence-corrected chi connectivity index (χ4v) is 0.921. The largest absolute Gasteiger partial charge is 0.493 e. The number of allylic oxidation sites excluding steroid dienone is 1. The van der Waals surface area contributed by atoms with Crippen molar-refractivity contribution in [1.29, 1.82) is 0 Å². The van der Waals surface area contributed by atoms with Crippen LogP contribution in [-0.2, 0) is 4.74 Å². The first kappa shape index (κ1) is 8.60. The molecule has 0 heterocycles. The SMILES string of the molecule is CC/C=C(/OC1CC1)C(C)N. The van der Waals surface area contributed by atoms with Gasteiger partial charge in [0.2, 0.25) is 0 Å². The highest BCUT2D eigenvalue weighted by Crippen LogP contribution is 2.26. The molecule has 1 rings (SSSR count). The summed E-state index contributed by atoms with van der Waals surface area (Å²) in [7, 11) is 0. The van der Waals surface area contributed by atoms with Gasteiger partial charge in [-0.15, -0.1) is 0 Å². The molecule has 2 N–H and O–H groups in total. The van der Waals surface area contributed by atoms with E-state index in [9.17, 15) is 0 Å². The van der Waals surface area contributed by atoms with Gasteiger partial charge in [-0.05, 0) is 32.3 Å². The molecule has 2 nitrogen and oxygen atoms in total. The Kier molecular flexibility index (Phi) is 2.94. The lowest BCUT2D eigenvalue weighted by molar-refractivity contribution is 0.180. The first-order valence-electron chi connectivity index (χ1n) is 4.36. The van der Waals surface area contributed by atoms with Crippen LogP contribution in [0.5, 0.6) is 0 Å². The van der Waals surface area contributed by atoms with E-state index in [1.807, 2.05) is 6.92 Å². The number of hydrogen-bond donors (Lipinski definition) is 1. The van der Waals surface area contributed by atoms with E-state index in [1.54, 1.807) is 0 Å². The minimum atomic E-state index is 0.0514. The van der Waals surface area contributed by atoms with Gasteiger partial charge in [-0.3, -0.25) is 0 Å². The molecule has 1 fully saturated rings. The van der Waals surface area contributed by atoms with Crippen molar-refractivity contribution in [2.45, 2.75) is 45.3 Å². The Bertz CT molecular complexity index is 148. The van der Waals surface area contributed by atoms with Crippen LogP contribution in [0.4, 0.5) is 0 Å². The molecule has 0 saturated heterocycles. The summed E-state index contributed by atoms with van der Waals surface area (Å²) in [6, 6.07) is 0.0514. The number of nitrogens with two attached hydrogens (primary N) is 1. The highest BCUT2D eigenvalue weighted by atomic mass is 16.5. The molecular formula is C9H17NO. The summed E-state index contributed by atoms with van der Waals surface area (Å²) in [5.74, 6) is 0.968. The molecule has 0 aromatic rings. The highest BCUT2D eigenvalue weighted by molar-refractivity contribution is 5.01. The molecule has 11 heavy (non-hydrogen) atoms. The van der Waals surface area contributed by atoms with E-state index in [-0.39, 0.29) is 6.04 Å². The molecule has 1 aliphatic carbocycles. The third-order valence-electron chi connectivity index (χ3n) is 1.68. The Morgan fingerprint density at radius 3 is 2.73 bits per heavy atom. The molecule has 0 radical (unpaired) electrons. The van der Waals surface area contributed by atoms with Crippen molar-refractivity contribution in [2.75, 3.05) is 0 Å². The smallest absolute Gasteiger partial charge is 0.109 e. The van der Waals surface area contributed by atoms with Crippen molar-refractivity contribution in [2.24, 2.45) is 5.73 Å². The average molecular weight is 155 g/mol. The lowest BCUT2D eigenvalue weighted by Gasteiger charge is -2.12. The zero-order valence-electron chi connectivity index (χ0n) is 7.34. The molecule has 0 amide bonds. The molecule has 0 aromatic heterocycles. The summed E-state index contributed by atoms with van der Waals surface area (Å²) in [5.41, 5.74) is 5.71. The number of rotatable bonds is 4. The normalized spacial score (nSPS) is 21.5. The van der Waals surface area contributed by atoms with Crippen LogP contribution >= 0.6 is 0 Å². The van der Waals surface area contributed by atoms with Crippen LogP contribution in [0.1, 0.15) is 33.1 Å². The summed E-state index contributed by atoms with van der Waals surface area (Å²) in [4.78, 5) is 0. The Morgan fingerprint density at radius 1 is 1.73 bits per heavy atom. The third-order valence-corrected chi connectivity index (χ3v) is 1.68. The van der Waals surface area contributed by atoms with Crippen LogP contribution in [0, 0.1) is 0 Å². The van der Waals surface area contributed by atoms with Gasteiger partial charge in [0.25, 0.3) is 0 Å². The predicted molar refractivity (Wildman–Crippen MR) is 46.1 cm³/mol. The van der Waals surface area contributed by atoms with E-state index in [1.165, 1.54) is 12.8 Å². The minimum absolute atomic E-state index is 0.0514. The van der Waals surface area contributed by atoms with Crippen molar-refractivity contribution in [3.05, 3.63) is 11.8 Å². The van der Waals surface area contributed by atoms with Crippen molar-refractivity contribution < 1.29 is 4.74 Å². The molecule has 0 aliphatic heterocycles. The fourth-order valence-electron chi connectivity index (χ4n) is 0.921. The average Bonchev–Trinajstić information content (AvgIpc) is 2.70. The Balaban J connectivity index is 2.37. The van der Waals surface area contributed by atoms with Gasteiger partial charge in [-0.2, -0.15) is 0 Å². The third kappa shape index (κ3) is 2.93. The second-order valence-electron chi connectivity index (χ2n) is 3.12. The molecular weight excluding hydrogens is 138 g/mol. The predicted octanol–water partition coefficient (Wildman–Crippen LogP) is 1.81. The fraction of sp³-hybridized carbons (Fsp3) is 0.778. The van der Waals surface area contributed by atoms with Gasteiger partial charge in [0, 0.05) is 0 Å². The maximum atomic E-state index is 5.71. The van der Waals surface area contributed by atoms with Crippen LogP contribution in [0.15, 0.2) is 11.8 Å². The molecule has 1 aliphatic rings. The molecule has 1 atom stereocenters. The number of ether oxygens (including phenoxy) is 1. The zero-order chi connectivity index (χ0) is 8.27. The van der Waals surface area contributed by atoms with Gasteiger partial charge >= 0.3 is 0 Å². The summed E-state index contributed by atoms with van der Waals surface area (Å²) < 4.78 is 5.60. The first-order chi connectivity index (χ1) is 5.24. The quantitative estimate of drug-likeness (QED) is 0.628. The van der Waals surface area contributed by atoms with E-state index >= 15 is 0 Å². The van der Waals surface area contributed by atoms with E-state index in [2.05, 4.69) is 13.0 Å². The maximum Gasteiger partial charge on any atom is 0.109 e. The van der Waals surface area contributed by atoms with E-state index in [0.717, 1.165) is 12.2 Å². The van der Waals surface area contributed by atoms with Gasteiger partial charge in [-0.25, -0.2) is 0 Å². The van der Waals surface area contributed by atoms with E-state index in [0.29, 0.717) is 6.10 Å². The van der Waals surface area contributed by atoms with Crippen LogP contribution < -0.4 is 5.73 Å². The monoisotopic (exact) mass is 155 g/mol. The molecule has 64 valence electrons. The van der Waals surface area contributed by atoms with Gasteiger partial charge in [0.1, 0.15) is 5.76 Å². The Morgan fingerprint density at radius 2 is 2.36 bits per heavy atom. The molecule has 0 bridgehead atoms. The second-order valence-corrected chi connectivity index (χ2v) is 3.12. The number of hydrogen-bond acceptors (Lipinski definition) is 2. The first-order valence-corrected chi connectivity index (χ1v) is 4.36. The van der Waals surface area contributed by atoms with Crippen LogP contribution in [0.3, 0.4) is 0 Å². The molecule has 1 unspecified atom stereocenters. The van der Waals surface area contributed by atoms with Gasteiger partial charge < -0.3 is 10.5 Å². The summed E-state index contributed by atoms with van der Waals surface area (Å²) >= 11 is 0. The van der Waals surface area contributed by atoms with Gasteiger partial charge in [-0.1, -0.05) is 6.92 Å². The summed E-state index contributed by atoms with van der Waals surface area (Å²) in [5, 5.41) is 0. The Labute approximate surface area is 68.4 Å². The lowest BCUT2D eigenvalue weighted by atomic mass is 10.2. The van der Waals surface area contributed by atoms with E-state index in [4.69, 9.17) is 10.5 Å². The van der Waals surface area contributed by atoms with Crippen molar-refractivity contribution in [1.82, 2.24) is 0 Å². The second kappa shape index (κ2) is 3.77. The van der Waals surface area contributed by atoms with Crippen molar-refractivity contribution in [3.63, 3.8) is 0 Å². The molecule has 1 saturated carbocycles. The van der Waals surface area contributed by atoms with Gasteiger partial charge in [0.05, 0.1) is 12.1 Å². The summed E-state index contributed by atoms with van der Waals surface area (Å²) in [6.45, 7) is 4.06. The lowest BCUT2D eigenvalue weighted by Crippen LogP contribution is -2.20. The maximum absolute atomic E-state index is 5.71. The van der Waals surface area contributed by atoms with Crippen molar-refractivity contribution >= 4 is 0 Å². The molecule has 0 spiro atoms. The minimum Gasteiger partial charge on any atom is -0.493 e. The van der Waals surface area contributed by atoms with E-state index < -0.39 is 0 Å².